The number of hydrogen-bond donors (Lipinski definition) is 0. The van der Waals surface area contributed by atoms with E-state index in [1.54, 1.807) is 12.5 Å². The molecule has 0 amide bonds. The normalized spacial score (nSPS) is 20.9. The van der Waals surface area contributed by atoms with Gasteiger partial charge in [0.2, 0.25) is 0 Å². The van der Waals surface area contributed by atoms with Crippen molar-refractivity contribution in [1.82, 2.24) is 4.98 Å². The first-order valence-electron chi connectivity index (χ1n) is 3.77. The van der Waals surface area contributed by atoms with Gasteiger partial charge in [-0.05, 0) is 19.3 Å². The van der Waals surface area contributed by atoms with Crippen LogP contribution in [0.5, 0.6) is 0 Å². The van der Waals surface area contributed by atoms with Gasteiger partial charge in [-0.3, -0.25) is 0 Å². The molecule has 0 aliphatic heterocycles. The van der Waals surface area contributed by atoms with Crippen molar-refractivity contribution in [1.29, 1.82) is 0 Å². The Morgan fingerprint density at radius 3 is 2.90 bits per heavy atom. The van der Waals surface area contributed by atoms with Crippen LogP contribution < -0.4 is 0 Å². The Kier molecular flexibility index (Phi) is 1.10. The van der Waals surface area contributed by atoms with E-state index in [1.165, 1.54) is 12.8 Å². The smallest absolute Gasteiger partial charge is 0.200 e. The summed E-state index contributed by atoms with van der Waals surface area (Å²) in [6, 6.07) is 0. The Labute approximate surface area is 60.3 Å². The summed E-state index contributed by atoms with van der Waals surface area (Å²) in [6.07, 6.45) is 7.05. The Balaban J connectivity index is 2.27. The van der Waals surface area contributed by atoms with Gasteiger partial charge in [0.15, 0.2) is 5.89 Å². The van der Waals surface area contributed by atoms with E-state index < -0.39 is 0 Å². The minimum Gasteiger partial charge on any atom is -0.448 e. The third-order valence-electron chi connectivity index (χ3n) is 2.42. The Morgan fingerprint density at radius 1 is 1.70 bits per heavy atom. The van der Waals surface area contributed by atoms with E-state index >= 15 is 0 Å². The molecule has 0 N–H and O–H groups in total. The van der Waals surface area contributed by atoms with Gasteiger partial charge in [0.1, 0.15) is 6.26 Å². The fourth-order valence-corrected chi connectivity index (χ4v) is 1.35. The molecule has 1 fully saturated rings. The molecule has 1 aliphatic rings. The Morgan fingerprint density at radius 2 is 2.50 bits per heavy atom. The molecule has 1 heterocycles. The van der Waals surface area contributed by atoms with Crippen LogP contribution in [0.3, 0.4) is 0 Å². The first-order valence-corrected chi connectivity index (χ1v) is 3.77. The summed E-state index contributed by atoms with van der Waals surface area (Å²) in [5.74, 6) is 0.940. The summed E-state index contributed by atoms with van der Waals surface area (Å²) in [5.41, 5.74) is 0.337. The molecule has 1 saturated carbocycles. The minimum atomic E-state index is 0.337. The van der Waals surface area contributed by atoms with Crippen molar-refractivity contribution in [2.75, 3.05) is 0 Å². The number of rotatable bonds is 2. The number of oxazole rings is 1. The minimum absolute atomic E-state index is 0.337. The standard InChI is InChI=1S/C8H11NO/c1-2-8(3-4-8)7-9-5-6-10-7/h5-6H,2-4H2,1H3. The molecule has 0 radical (unpaired) electrons. The van der Waals surface area contributed by atoms with Gasteiger partial charge in [0.05, 0.1) is 6.20 Å². The second kappa shape index (κ2) is 1.84. The fourth-order valence-electron chi connectivity index (χ4n) is 1.35. The van der Waals surface area contributed by atoms with E-state index in [0.717, 1.165) is 12.3 Å². The summed E-state index contributed by atoms with van der Waals surface area (Å²) in [7, 11) is 0. The monoisotopic (exact) mass is 137 g/mol. The molecule has 0 spiro atoms. The molecule has 0 unspecified atom stereocenters. The molecular weight excluding hydrogens is 126 g/mol. The van der Waals surface area contributed by atoms with Crippen molar-refractivity contribution >= 4 is 0 Å². The van der Waals surface area contributed by atoms with Gasteiger partial charge >= 0.3 is 0 Å². The quantitative estimate of drug-likeness (QED) is 0.624. The molecule has 54 valence electrons. The van der Waals surface area contributed by atoms with Crippen LogP contribution in [-0.4, -0.2) is 4.98 Å². The molecule has 2 rings (SSSR count). The molecule has 0 atom stereocenters. The molecule has 1 aromatic heterocycles. The lowest BCUT2D eigenvalue weighted by Crippen LogP contribution is -2.03. The van der Waals surface area contributed by atoms with Crippen molar-refractivity contribution in [3.8, 4) is 0 Å². The predicted molar refractivity (Wildman–Crippen MR) is 37.7 cm³/mol. The number of hydrogen-bond acceptors (Lipinski definition) is 2. The topological polar surface area (TPSA) is 26.0 Å². The van der Waals surface area contributed by atoms with E-state index in [9.17, 15) is 0 Å². The summed E-state index contributed by atoms with van der Waals surface area (Å²) >= 11 is 0. The summed E-state index contributed by atoms with van der Waals surface area (Å²) in [6.45, 7) is 2.19. The van der Waals surface area contributed by atoms with Gasteiger partial charge in [0, 0.05) is 5.41 Å². The lowest BCUT2D eigenvalue weighted by atomic mass is 10.0. The average Bonchev–Trinajstić information content (AvgIpc) is 2.58. The number of nitrogens with zero attached hydrogens (tertiary/aromatic N) is 1. The van der Waals surface area contributed by atoms with E-state index in [1.807, 2.05) is 0 Å². The largest absolute Gasteiger partial charge is 0.448 e. The second-order valence-electron chi connectivity index (χ2n) is 2.97. The highest BCUT2D eigenvalue weighted by atomic mass is 16.3. The van der Waals surface area contributed by atoms with Crippen LogP contribution in [0.25, 0.3) is 0 Å². The average molecular weight is 137 g/mol. The van der Waals surface area contributed by atoms with Crippen molar-refractivity contribution in [3.05, 3.63) is 18.4 Å². The van der Waals surface area contributed by atoms with Crippen molar-refractivity contribution in [3.63, 3.8) is 0 Å². The Hall–Kier alpha value is -0.790. The third-order valence-corrected chi connectivity index (χ3v) is 2.42. The first kappa shape index (κ1) is 5.96. The molecule has 10 heavy (non-hydrogen) atoms. The third kappa shape index (κ3) is 0.681. The molecule has 0 aromatic carbocycles. The van der Waals surface area contributed by atoms with E-state index in [4.69, 9.17) is 4.42 Å². The van der Waals surface area contributed by atoms with Crippen molar-refractivity contribution in [2.45, 2.75) is 31.6 Å². The molecule has 0 bridgehead atoms. The fraction of sp³-hybridized carbons (Fsp3) is 0.625. The van der Waals surface area contributed by atoms with Crippen molar-refractivity contribution < 1.29 is 4.42 Å². The van der Waals surface area contributed by atoms with Crippen LogP contribution in [0.15, 0.2) is 16.9 Å². The summed E-state index contributed by atoms with van der Waals surface area (Å²) < 4.78 is 5.24. The molecule has 1 aromatic rings. The zero-order chi connectivity index (χ0) is 7.03. The highest BCUT2D eigenvalue weighted by molar-refractivity contribution is 5.14. The van der Waals surface area contributed by atoms with Gasteiger partial charge in [-0.15, -0.1) is 0 Å². The van der Waals surface area contributed by atoms with Gasteiger partial charge in [0.25, 0.3) is 0 Å². The van der Waals surface area contributed by atoms with Gasteiger partial charge in [-0.2, -0.15) is 0 Å². The van der Waals surface area contributed by atoms with Gasteiger partial charge in [-0.25, -0.2) is 4.98 Å². The van der Waals surface area contributed by atoms with Crippen LogP contribution in [0.4, 0.5) is 0 Å². The van der Waals surface area contributed by atoms with Gasteiger partial charge < -0.3 is 4.42 Å². The van der Waals surface area contributed by atoms with Crippen LogP contribution >= 0.6 is 0 Å². The summed E-state index contributed by atoms with van der Waals surface area (Å²) in [4.78, 5) is 4.15. The lowest BCUT2D eigenvalue weighted by molar-refractivity contribution is 0.426. The zero-order valence-electron chi connectivity index (χ0n) is 6.13. The highest BCUT2D eigenvalue weighted by Crippen LogP contribution is 2.49. The van der Waals surface area contributed by atoms with Crippen molar-refractivity contribution in [2.24, 2.45) is 0 Å². The summed E-state index contributed by atoms with van der Waals surface area (Å²) in [5, 5.41) is 0. The SMILES string of the molecule is CCC1(c2ncco2)CC1. The number of aromatic nitrogens is 1. The maximum atomic E-state index is 5.24. The van der Waals surface area contributed by atoms with Crippen LogP contribution in [0.2, 0.25) is 0 Å². The second-order valence-corrected chi connectivity index (χ2v) is 2.97. The maximum absolute atomic E-state index is 5.24. The first-order chi connectivity index (χ1) is 4.87. The molecule has 1 aliphatic carbocycles. The lowest BCUT2D eigenvalue weighted by Gasteiger charge is -2.04. The molecular formula is C8H11NO. The molecule has 0 saturated heterocycles. The van der Waals surface area contributed by atoms with E-state index in [0.29, 0.717) is 5.41 Å². The van der Waals surface area contributed by atoms with E-state index in [-0.39, 0.29) is 0 Å². The Bertz CT molecular complexity index is 211. The van der Waals surface area contributed by atoms with Crippen LogP contribution in [0.1, 0.15) is 32.1 Å². The van der Waals surface area contributed by atoms with Crippen LogP contribution in [-0.2, 0) is 5.41 Å². The highest BCUT2D eigenvalue weighted by Gasteiger charge is 2.46. The van der Waals surface area contributed by atoms with E-state index in [2.05, 4.69) is 11.9 Å². The molecule has 2 nitrogen and oxygen atoms in total. The molecule has 2 heteroatoms. The maximum Gasteiger partial charge on any atom is 0.200 e. The predicted octanol–water partition coefficient (Wildman–Crippen LogP) is 2.12. The van der Waals surface area contributed by atoms with Gasteiger partial charge in [-0.1, -0.05) is 6.92 Å². The zero-order valence-corrected chi connectivity index (χ0v) is 6.13. The van der Waals surface area contributed by atoms with Crippen LogP contribution in [0, 0.1) is 0 Å².